The van der Waals surface area contributed by atoms with Crippen molar-refractivity contribution in [2.24, 2.45) is 0 Å². The fourth-order valence-corrected chi connectivity index (χ4v) is 4.70. The molecule has 2 aromatic carbocycles. The number of unbranched alkanes of at least 4 members (excludes halogenated alkanes) is 2. The van der Waals surface area contributed by atoms with Gasteiger partial charge in [0.05, 0.1) is 0 Å². The molecule has 0 fully saturated rings. The highest BCUT2D eigenvalue weighted by atomic mass is 15.2. The maximum Gasteiger partial charge on any atom is 0.355 e. The Balaban J connectivity index is 2.17. The number of nitrogens with zero attached hydrogens (tertiary/aromatic N) is 1. The van der Waals surface area contributed by atoms with Crippen LogP contribution in [0, 0.1) is 0 Å². The van der Waals surface area contributed by atoms with Gasteiger partial charge in [0.1, 0.15) is 0 Å². The average Bonchev–Trinajstić information content (AvgIpc) is 3.05. The van der Waals surface area contributed by atoms with E-state index in [2.05, 4.69) is 111 Å². The summed E-state index contributed by atoms with van der Waals surface area (Å²) in [5.41, 5.74) is 3.94. The second kappa shape index (κ2) is 9.87. The van der Waals surface area contributed by atoms with Gasteiger partial charge in [-0.25, -0.2) is 0 Å². The van der Waals surface area contributed by atoms with Crippen molar-refractivity contribution >= 4 is 18.4 Å². The number of nitrogens with one attached hydrogen (secondary N) is 1. The van der Waals surface area contributed by atoms with Crippen LogP contribution in [-0.4, -0.2) is 12.5 Å². The molecule has 1 heterocycles. The molecule has 1 aliphatic heterocycles. The van der Waals surface area contributed by atoms with Gasteiger partial charge < -0.3 is 10.0 Å². The Kier molecular flexibility index (Phi) is 7.47. The minimum Gasteiger partial charge on any atom is -0.370 e. The van der Waals surface area contributed by atoms with Crippen molar-refractivity contribution in [1.82, 2.24) is 5.23 Å². The summed E-state index contributed by atoms with van der Waals surface area (Å²) in [5, 5.41) is 4.17. The van der Waals surface area contributed by atoms with Gasteiger partial charge in [-0.3, -0.25) is 0 Å². The zero-order valence-electron chi connectivity index (χ0n) is 19.6. The maximum atomic E-state index is 4.05. The van der Waals surface area contributed by atoms with Gasteiger partial charge >= 0.3 is 6.98 Å². The highest BCUT2D eigenvalue weighted by molar-refractivity contribution is 6.69. The molecule has 0 spiro atoms. The number of allylic oxidation sites excluding steroid dienone is 1. The molecule has 2 nitrogen and oxygen atoms in total. The third-order valence-corrected chi connectivity index (χ3v) is 6.15. The van der Waals surface area contributed by atoms with E-state index in [1.165, 1.54) is 55.5 Å². The van der Waals surface area contributed by atoms with Crippen LogP contribution in [-0.2, 0) is 0 Å². The quantitative estimate of drug-likeness (QED) is 0.436. The van der Waals surface area contributed by atoms with Crippen molar-refractivity contribution in [2.45, 2.75) is 84.0 Å². The lowest BCUT2D eigenvalue weighted by molar-refractivity contribution is 0.465. The summed E-state index contributed by atoms with van der Waals surface area (Å²) in [5.74, 6) is 0. The Morgan fingerprint density at radius 2 is 1.37 bits per heavy atom. The topological polar surface area (TPSA) is 15.3 Å². The van der Waals surface area contributed by atoms with E-state index in [1.807, 2.05) is 0 Å². The van der Waals surface area contributed by atoms with Crippen LogP contribution in [0.25, 0.3) is 5.70 Å². The van der Waals surface area contributed by atoms with E-state index in [0.29, 0.717) is 0 Å². The zero-order valence-corrected chi connectivity index (χ0v) is 19.6. The number of hydrogen-bond acceptors (Lipinski definition) is 2. The molecular weight excluding hydrogens is 363 g/mol. The van der Waals surface area contributed by atoms with Crippen molar-refractivity contribution in [3.8, 4) is 0 Å². The number of para-hydroxylation sites is 1. The zero-order chi connectivity index (χ0) is 21.6. The lowest BCUT2D eigenvalue weighted by Crippen LogP contribution is -2.59. The molecule has 0 radical (unpaired) electrons. The predicted octanol–water partition coefficient (Wildman–Crippen LogP) is 7.54. The maximum absolute atomic E-state index is 4.05. The van der Waals surface area contributed by atoms with E-state index in [4.69, 9.17) is 0 Å². The van der Waals surface area contributed by atoms with Gasteiger partial charge in [-0.15, -0.1) is 0 Å². The van der Waals surface area contributed by atoms with Gasteiger partial charge in [0.25, 0.3) is 0 Å². The summed E-state index contributed by atoms with van der Waals surface area (Å²) in [7, 11) is 0. The summed E-state index contributed by atoms with van der Waals surface area (Å²) in [4.78, 5) is 2.58. The Labute approximate surface area is 184 Å². The van der Waals surface area contributed by atoms with Gasteiger partial charge in [0.15, 0.2) is 0 Å². The van der Waals surface area contributed by atoms with Crippen molar-refractivity contribution in [3.05, 3.63) is 72.3 Å². The Morgan fingerprint density at radius 1 is 0.833 bits per heavy atom. The third kappa shape index (κ3) is 5.18. The molecule has 1 aliphatic rings. The van der Waals surface area contributed by atoms with Crippen LogP contribution in [0.4, 0.5) is 5.69 Å². The summed E-state index contributed by atoms with van der Waals surface area (Å²) in [6.45, 7) is 11.7. The van der Waals surface area contributed by atoms with Gasteiger partial charge in [-0.05, 0) is 51.3 Å². The summed E-state index contributed by atoms with van der Waals surface area (Å²) in [6.07, 6.45) is 10.0. The Bertz CT molecular complexity index is 800. The predicted molar refractivity (Wildman–Crippen MR) is 134 cm³/mol. The third-order valence-electron chi connectivity index (χ3n) is 6.15. The highest BCUT2D eigenvalue weighted by Crippen LogP contribution is 2.53. The van der Waals surface area contributed by atoms with Crippen LogP contribution < -0.4 is 10.0 Å². The normalized spacial score (nSPS) is 16.1. The fraction of sp³-hybridized carbons (Fsp3) is 0.481. The van der Waals surface area contributed by atoms with Crippen LogP contribution in [0.3, 0.4) is 0 Å². The van der Waals surface area contributed by atoms with E-state index in [1.54, 1.807) is 0 Å². The van der Waals surface area contributed by atoms with Crippen molar-refractivity contribution in [3.63, 3.8) is 0 Å². The molecule has 3 rings (SSSR count). The molecule has 0 aromatic heterocycles. The summed E-state index contributed by atoms with van der Waals surface area (Å²) in [6, 6.07) is 21.9. The smallest absolute Gasteiger partial charge is 0.355 e. The first-order valence-electron chi connectivity index (χ1n) is 11.8. The van der Waals surface area contributed by atoms with Crippen LogP contribution in [0.15, 0.2) is 66.7 Å². The van der Waals surface area contributed by atoms with E-state index in [9.17, 15) is 0 Å². The van der Waals surface area contributed by atoms with Gasteiger partial charge in [0.2, 0.25) is 0 Å². The second-order valence-electron chi connectivity index (χ2n) is 9.84. The average molecular weight is 402 g/mol. The first kappa shape index (κ1) is 22.7. The Hall–Kier alpha value is -2.00. The monoisotopic (exact) mass is 402 g/mol. The van der Waals surface area contributed by atoms with Crippen molar-refractivity contribution < 1.29 is 0 Å². The van der Waals surface area contributed by atoms with Crippen LogP contribution in [0.5, 0.6) is 0 Å². The summed E-state index contributed by atoms with van der Waals surface area (Å²) < 4.78 is 0. The first-order chi connectivity index (χ1) is 14.4. The lowest BCUT2D eigenvalue weighted by Gasteiger charge is -2.41. The van der Waals surface area contributed by atoms with Crippen molar-refractivity contribution in [2.75, 3.05) is 4.81 Å². The first-order valence-corrected chi connectivity index (χ1v) is 11.8. The molecule has 30 heavy (non-hydrogen) atoms. The minimum absolute atomic E-state index is 0.0291. The largest absolute Gasteiger partial charge is 0.370 e. The molecule has 0 unspecified atom stereocenters. The molecule has 0 amide bonds. The molecule has 0 bridgehead atoms. The molecule has 0 atom stereocenters. The molecule has 0 aliphatic carbocycles. The molecule has 2 aromatic rings. The summed E-state index contributed by atoms with van der Waals surface area (Å²) >= 11 is 0. The number of benzene rings is 2. The number of anilines is 1. The molecule has 1 N–H and O–H groups in total. The highest BCUT2D eigenvalue weighted by Gasteiger charge is 2.51. The van der Waals surface area contributed by atoms with Gasteiger partial charge in [-0.1, -0.05) is 94.1 Å². The fourth-order valence-electron chi connectivity index (χ4n) is 4.70. The van der Waals surface area contributed by atoms with Gasteiger partial charge in [0, 0.05) is 22.2 Å². The minimum atomic E-state index is 0.0291. The lowest BCUT2D eigenvalue weighted by atomic mass is 9.46. The molecule has 0 saturated heterocycles. The van der Waals surface area contributed by atoms with E-state index < -0.39 is 0 Å². The number of hydrogen-bond donors (Lipinski definition) is 1. The molecule has 3 heteroatoms. The van der Waals surface area contributed by atoms with Crippen LogP contribution >= 0.6 is 0 Å². The molecule has 160 valence electrons. The van der Waals surface area contributed by atoms with Crippen LogP contribution in [0.1, 0.15) is 78.7 Å². The van der Waals surface area contributed by atoms with Crippen molar-refractivity contribution in [1.29, 1.82) is 0 Å². The number of rotatable bonds is 9. The van der Waals surface area contributed by atoms with Crippen LogP contribution in [0.2, 0.25) is 5.31 Å². The molecular formula is C27H39BN2. The van der Waals surface area contributed by atoms with Gasteiger partial charge in [-0.2, -0.15) is 0 Å². The SMILES string of the molecule is CCCCC1(CCCC)C=C(c2ccccc2)N(c2ccccc2)B1NC(C)(C)C. The molecule has 0 saturated carbocycles. The van der Waals surface area contributed by atoms with E-state index in [-0.39, 0.29) is 17.8 Å². The Morgan fingerprint density at radius 3 is 1.87 bits per heavy atom. The standard InChI is InChI=1S/C27H39BN2/c1-6-8-20-27(21-9-7-2)22-25(23-16-12-10-13-17-23)30(24-18-14-11-15-19-24)28(27)29-26(3,4)5/h10-19,22,29H,6-9,20-21H2,1-5H3. The van der Waals surface area contributed by atoms with E-state index >= 15 is 0 Å². The second-order valence-corrected chi connectivity index (χ2v) is 9.84. The van der Waals surface area contributed by atoms with E-state index in [0.717, 1.165) is 0 Å².